The Labute approximate surface area is 263 Å². The van der Waals surface area contributed by atoms with Crippen molar-refractivity contribution in [3.63, 3.8) is 0 Å². The summed E-state index contributed by atoms with van der Waals surface area (Å²) in [5.41, 5.74) is 4.82. The molecule has 0 bridgehead atoms. The molecule has 0 unspecified atom stereocenters. The third-order valence-corrected chi connectivity index (χ3v) is 7.70. The molecule has 2 atom stereocenters. The number of benzene rings is 2. The summed E-state index contributed by atoms with van der Waals surface area (Å²) in [5, 5.41) is 13.4. The second-order valence-corrected chi connectivity index (χ2v) is 12.5. The van der Waals surface area contributed by atoms with Gasteiger partial charge in [0.05, 0.1) is 6.04 Å². The average molecular weight is 635 g/mol. The van der Waals surface area contributed by atoms with Gasteiger partial charge >= 0.3 is 12.1 Å². The smallest absolute Gasteiger partial charge is 0.413 e. The Bertz CT molecular complexity index is 1540. The fourth-order valence-electron chi connectivity index (χ4n) is 4.43. The fourth-order valence-corrected chi connectivity index (χ4v) is 5.11. The van der Waals surface area contributed by atoms with Crippen LogP contribution in [0.15, 0.2) is 71.2 Å². The van der Waals surface area contributed by atoms with Gasteiger partial charge in [0.15, 0.2) is 16.9 Å². The van der Waals surface area contributed by atoms with E-state index in [2.05, 4.69) is 26.1 Å². The van der Waals surface area contributed by atoms with Crippen LogP contribution < -0.4 is 21.7 Å². The molecule has 14 heteroatoms. The first-order valence-electron chi connectivity index (χ1n) is 14.3. The SMILES string of the molecule is CC(C)(C)OC(=O)Nc1nc(C(=NOC2(C(=O)OC(c3ccccc3)c3ccccc3)CC2)C(=O)N[C@@H]2C(=O)N[C@@H]2CN)cs1. The Morgan fingerprint density at radius 1 is 1.09 bits per heavy atom. The maximum Gasteiger partial charge on any atom is 0.413 e. The predicted molar refractivity (Wildman–Crippen MR) is 165 cm³/mol. The largest absolute Gasteiger partial charge is 0.450 e. The molecule has 5 rings (SSSR count). The maximum atomic E-state index is 13.5. The van der Waals surface area contributed by atoms with E-state index < -0.39 is 53.3 Å². The zero-order valence-electron chi connectivity index (χ0n) is 24.9. The summed E-state index contributed by atoms with van der Waals surface area (Å²) in [6.07, 6.45) is -0.809. The zero-order chi connectivity index (χ0) is 32.2. The van der Waals surface area contributed by atoms with Crippen molar-refractivity contribution >= 4 is 46.1 Å². The van der Waals surface area contributed by atoms with Crippen LogP contribution >= 0.6 is 11.3 Å². The highest BCUT2D eigenvalue weighted by atomic mass is 32.1. The molecule has 1 saturated carbocycles. The van der Waals surface area contributed by atoms with Gasteiger partial charge in [0, 0.05) is 24.8 Å². The lowest BCUT2D eigenvalue weighted by molar-refractivity contribution is -0.164. The number of hydrogen-bond acceptors (Lipinski definition) is 11. The number of nitrogens with zero attached hydrogens (tertiary/aromatic N) is 2. The average Bonchev–Trinajstić information content (AvgIpc) is 3.67. The first kappa shape index (κ1) is 31.6. The lowest BCUT2D eigenvalue weighted by atomic mass is 9.99. The molecule has 3 amide bonds. The van der Waals surface area contributed by atoms with Gasteiger partial charge in [-0.25, -0.2) is 14.6 Å². The van der Waals surface area contributed by atoms with Crippen molar-refractivity contribution in [1.29, 1.82) is 0 Å². The van der Waals surface area contributed by atoms with E-state index in [0.717, 1.165) is 22.5 Å². The third-order valence-electron chi connectivity index (χ3n) is 6.94. The summed E-state index contributed by atoms with van der Waals surface area (Å²) in [6, 6.07) is 17.3. The fraction of sp³-hybridized carbons (Fsp3) is 0.355. The number of oxime groups is 1. The third kappa shape index (κ3) is 7.64. The summed E-state index contributed by atoms with van der Waals surface area (Å²) >= 11 is 1.02. The Kier molecular flexibility index (Phi) is 9.16. The molecular weight excluding hydrogens is 600 g/mol. The quantitative estimate of drug-likeness (QED) is 0.107. The van der Waals surface area contributed by atoms with Crippen LogP contribution in [0.5, 0.6) is 0 Å². The highest BCUT2D eigenvalue weighted by Crippen LogP contribution is 2.43. The number of β-lactam (4-membered cyclic amide) rings is 1. The number of nitrogens with two attached hydrogens (primary N) is 1. The molecule has 0 radical (unpaired) electrons. The van der Waals surface area contributed by atoms with E-state index >= 15 is 0 Å². The molecule has 0 spiro atoms. The second-order valence-electron chi connectivity index (χ2n) is 11.6. The minimum absolute atomic E-state index is 0.0446. The summed E-state index contributed by atoms with van der Waals surface area (Å²) in [6.45, 7) is 5.27. The monoisotopic (exact) mass is 634 g/mol. The molecule has 1 aliphatic carbocycles. The molecule has 1 aromatic heterocycles. The molecule has 2 aromatic carbocycles. The molecule has 3 aromatic rings. The van der Waals surface area contributed by atoms with Crippen LogP contribution in [0.3, 0.4) is 0 Å². The van der Waals surface area contributed by atoms with Gasteiger partial charge in [-0.2, -0.15) is 0 Å². The van der Waals surface area contributed by atoms with Gasteiger partial charge in [0.2, 0.25) is 11.5 Å². The van der Waals surface area contributed by atoms with Crippen molar-refractivity contribution in [1.82, 2.24) is 15.6 Å². The highest BCUT2D eigenvalue weighted by molar-refractivity contribution is 7.14. The number of rotatable bonds is 11. The van der Waals surface area contributed by atoms with Crippen molar-refractivity contribution in [2.45, 2.75) is 63.0 Å². The van der Waals surface area contributed by atoms with E-state index in [-0.39, 0.29) is 23.1 Å². The lowest BCUT2D eigenvalue weighted by Gasteiger charge is -2.36. The maximum absolute atomic E-state index is 13.5. The van der Waals surface area contributed by atoms with E-state index in [1.54, 1.807) is 20.8 Å². The number of aromatic nitrogens is 1. The van der Waals surface area contributed by atoms with Crippen molar-refractivity contribution < 1.29 is 33.5 Å². The number of anilines is 1. The standard InChI is InChI=1S/C31H34N6O7S/c1-30(2,3)43-29(41)36-28-34-21(17-45-28)23(26(39)35-22-20(16-32)33-25(22)38)37-44-31(14-15-31)27(40)42-24(18-10-6-4-7-11-18)19-12-8-5-9-13-19/h4-13,17,20,22,24H,14-16,32H2,1-3H3,(H,33,38)(H,35,39)(H,34,36,41)/t20-,22+/m1/s1. The van der Waals surface area contributed by atoms with Crippen molar-refractivity contribution in [2.75, 3.05) is 11.9 Å². The molecule has 2 heterocycles. The lowest BCUT2D eigenvalue weighted by Crippen LogP contribution is -2.71. The Morgan fingerprint density at radius 3 is 2.24 bits per heavy atom. The van der Waals surface area contributed by atoms with Gasteiger partial charge in [-0.3, -0.25) is 14.9 Å². The Balaban J connectivity index is 1.37. The van der Waals surface area contributed by atoms with Crippen LogP contribution in [0.4, 0.5) is 9.93 Å². The topological polar surface area (TPSA) is 183 Å². The number of hydrogen-bond donors (Lipinski definition) is 4. The van der Waals surface area contributed by atoms with E-state index in [1.807, 2.05) is 60.7 Å². The van der Waals surface area contributed by atoms with E-state index in [4.69, 9.17) is 20.0 Å². The van der Waals surface area contributed by atoms with Gasteiger partial charge in [-0.15, -0.1) is 11.3 Å². The van der Waals surface area contributed by atoms with Crippen molar-refractivity contribution in [3.05, 3.63) is 82.9 Å². The molecule has 5 N–H and O–H groups in total. The predicted octanol–water partition coefficient (Wildman–Crippen LogP) is 3.02. The molecule has 13 nitrogen and oxygen atoms in total. The summed E-state index contributed by atoms with van der Waals surface area (Å²) in [4.78, 5) is 61.4. The van der Waals surface area contributed by atoms with Crippen LogP contribution in [0, 0.1) is 0 Å². The minimum atomic E-state index is -1.42. The van der Waals surface area contributed by atoms with Gasteiger partial charge in [-0.1, -0.05) is 65.8 Å². The summed E-state index contributed by atoms with van der Waals surface area (Å²) in [7, 11) is 0. The Hall–Kier alpha value is -4.82. The number of nitrogens with one attached hydrogen (secondary N) is 3. The van der Waals surface area contributed by atoms with E-state index in [1.165, 1.54) is 5.38 Å². The minimum Gasteiger partial charge on any atom is -0.450 e. The van der Waals surface area contributed by atoms with Gasteiger partial charge in [0.1, 0.15) is 17.3 Å². The van der Waals surface area contributed by atoms with Crippen LogP contribution in [-0.4, -0.2) is 64.4 Å². The van der Waals surface area contributed by atoms with Gasteiger partial charge < -0.3 is 30.7 Å². The number of thiazole rings is 1. The van der Waals surface area contributed by atoms with E-state index in [0.29, 0.717) is 12.8 Å². The Morgan fingerprint density at radius 2 is 1.71 bits per heavy atom. The molecule has 45 heavy (non-hydrogen) atoms. The molecular formula is C31H34N6O7S. The van der Waals surface area contributed by atoms with Crippen LogP contribution in [0.2, 0.25) is 0 Å². The van der Waals surface area contributed by atoms with Gasteiger partial charge in [0.25, 0.3) is 5.91 Å². The summed E-state index contributed by atoms with van der Waals surface area (Å²) < 4.78 is 11.3. The number of amides is 3. The van der Waals surface area contributed by atoms with Crippen LogP contribution in [0.25, 0.3) is 0 Å². The number of carbonyl (C=O) groups excluding carboxylic acids is 4. The normalized spacial score (nSPS) is 18.7. The first-order valence-corrected chi connectivity index (χ1v) is 15.2. The summed E-state index contributed by atoms with van der Waals surface area (Å²) in [5.74, 6) is -1.83. The second kappa shape index (κ2) is 13.0. The van der Waals surface area contributed by atoms with E-state index in [9.17, 15) is 19.2 Å². The zero-order valence-corrected chi connectivity index (χ0v) is 25.8. The number of ether oxygens (including phenoxy) is 2. The molecule has 2 fully saturated rings. The molecule has 1 aliphatic heterocycles. The van der Waals surface area contributed by atoms with Crippen molar-refractivity contribution in [2.24, 2.45) is 10.9 Å². The number of esters is 1. The van der Waals surface area contributed by atoms with Crippen LogP contribution in [0.1, 0.15) is 56.5 Å². The molecule has 1 saturated heterocycles. The molecule has 236 valence electrons. The van der Waals surface area contributed by atoms with Gasteiger partial charge in [-0.05, 0) is 31.9 Å². The van der Waals surface area contributed by atoms with Crippen LogP contribution in [-0.2, 0) is 28.7 Å². The molecule has 2 aliphatic rings. The highest BCUT2D eigenvalue weighted by Gasteiger charge is 2.56. The number of carbonyl (C=O) groups is 4. The van der Waals surface area contributed by atoms with Crippen molar-refractivity contribution in [3.8, 4) is 0 Å². The first-order chi connectivity index (χ1) is 21.5.